The van der Waals surface area contributed by atoms with Crippen molar-refractivity contribution in [3.63, 3.8) is 0 Å². The number of carboxylic acid groups (broad SMARTS) is 1. The molecule has 14 heteroatoms. The van der Waals surface area contributed by atoms with Gasteiger partial charge in [0.2, 0.25) is 5.43 Å². The molecule has 5 N–H and O–H groups in total. The maximum Gasteiger partial charge on any atom is 0.434 e. The van der Waals surface area contributed by atoms with Crippen LogP contribution in [-0.2, 0) is 6.18 Å². The van der Waals surface area contributed by atoms with Crippen molar-refractivity contribution in [3.8, 4) is 10.6 Å². The minimum Gasteiger partial charge on any atom is -0.477 e. The predicted molar refractivity (Wildman–Crippen MR) is 152 cm³/mol. The number of H-pyrrole nitrogens is 1. The maximum absolute atomic E-state index is 13.4. The predicted octanol–water partition coefficient (Wildman–Crippen LogP) is 5.77. The maximum atomic E-state index is 13.4. The third kappa shape index (κ3) is 5.99. The van der Waals surface area contributed by atoms with E-state index < -0.39 is 52.3 Å². The third-order valence-electron chi connectivity index (χ3n) is 7.29. The first-order chi connectivity index (χ1) is 19.6. The zero-order chi connectivity index (χ0) is 31.0. The Bertz CT molecular complexity index is 1720. The van der Waals surface area contributed by atoms with Crippen LogP contribution in [-0.4, -0.2) is 43.7 Å². The summed E-state index contributed by atoms with van der Waals surface area (Å²) in [7, 11) is 0. The van der Waals surface area contributed by atoms with E-state index in [9.17, 15) is 37.8 Å². The Kier molecular flexibility index (Phi) is 8.41. The van der Waals surface area contributed by atoms with E-state index in [1.54, 1.807) is 39.0 Å². The van der Waals surface area contributed by atoms with Crippen molar-refractivity contribution in [2.75, 3.05) is 11.9 Å². The minimum absolute atomic E-state index is 0.0281. The summed E-state index contributed by atoms with van der Waals surface area (Å²) in [4.78, 5) is 47.1. The van der Waals surface area contributed by atoms with E-state index >= 15 is 0 Å². The van der Waals surface area contributed by atoms with E-state index in [2.05, 4.69) is 25.6 Å². The molecule has 0 fully saturated rings. The number of aromatic nitrogens is 3. The Morgan fingerprint density at radius 2 is 1.90 bits per heavy atom. The number of aromatic carboxylic acids is 1. The van der Waals surface area contributed by atoms with Crippen LogP contribution in [0.3, 0.4) is 0 Å². The van der Waals surface area contributed by atoms with E-state index in [4.69, 9.17) is 0 Å². The Morgan fingerprint density at radius 1 is 1.19 bits per heavy atom. The lowest BCUT2D eigenvalue weighted by atomic mass is 9.70. The summed E-state index contributed by atoms with van der Waals surface area (Å²) >= 11 is 0.737. The number of carbonyl (C=O) groups excluding carboxylic acids is 1. The molecule has 4 aromatic rings. The summed E-state index contributed by atoms with van der Waals surface area (Å²) in [5.41, 5.74) is -1.76. The second-order valence-corrected chi connectivity index (χ2v) is 11.1. The number of aliphatic hydroxyl groups is 1. The number of carboxylic acids is 1. The number of aliphatic hydroxyl groups excluding tert-OH is 1. The number of rotatable bonds is 8. The van der Waals surface area contributed by atoms with Gasteiger partial charge in [-0.05, 0) is 36.6 Å². The minimum atomic E-state index is -4.68. The van der Waals surface area contributed by atoms with Gasteiger partial charge in [0.25, 0.3) is 0 Å². The summed E-state index contributed by atoms with van der Waals surface area (Å²) in [5.74, 6) is -1.77. The number of pyridine rings is 2. The summed E-state index contributed by atoms with van der Waals surface area (Å²) in [6.45, 7) is 7.35. The van der Waals surface area contributed by atoms with E-state index in [0.717, 1.165) is 22.9 Å². The number of halogens is 3. The lowest BCUT2D eigenvalue weighted by molar-refractivity contribution is -0.140. The van der Waals surface area contributed by atoms with Gasteiger partial charge in [-0.3, -0.25) is 10.1 Å². The average molecular weight is 604 g/mol. The first-order valence-electron chi connectivity index (χ1n) is 12.8. The highest BCUT2D eigenvalue weighted by molar-refractivity contribution is 7.13. The van der Waals surface area contributed by atoms with E-state index in [1.807, 2.05) is 6.92 Å². The largest absolute Gasteiger partial charge is 0.477 e. The van der Waals surface area contributed by atoms with Gasteiger partial charge in [0, 0.05) is 51.8 Å². The molecule has 0 bridgehead atoms. The van der Waals surface area contributed by atoms with Gasteiger partial charge in [0.15, 0.2) is 5.69 Å². The van der Waals surface area contributed by atoms with Crippen molar-refractivity contribution < 1.29 is 33.0 Å². The number of hydrogen-bond acceptors (Lipinski definition) is 7. The van der Waals surface area contributed by atoms with Crippen LogP contribution in [0.1, 0.15) is 66.9 Å². The fourth-order valence-corrected chi connectivity index (χ4v) is 5.38. The van der Waals surface area contributed by atoms with Crippen molar-refractivity contribution in [2.45, 2.75) is 45.9 Å². The van der Waals surface area contributed by atoms with Gasteiger partial charge in [-0.2, -0.15) is 13.2 Å². The number of amides is 2. The van der Waals surface area contributed by atoms with Gasteiger partial charge in [-0.15, -0.1) is 11.3 Å². The highest BCUT2D eigenvalue weighted by Crippen LogP contribution is 2.48. The molecule has 0 saturated heterocycles. The van der Waals surface area contributed by atoms with Crippen LogP contribution < -0.4 is 16.1 Å². The fourth-order valence-electron chi connectivity index (χ4n) is 4.52. The van der Waals surface area contributed by atoms with E-state index in [-0.39, 0.29) is 27.3 Å². The number of nitrogens with one attached hydrogen (secondary N) is 3. The van der Waals surface area contributed by atoms with Crippen molar-refractivity contribution in [3.05, 3.63) is 74.6 Å². The topological polar surface area (TPSA) is 157 Å². The number of nitrogens with zero attached hydrogens (tertiary/aromatic N) is 2. The van der Waals surface area contributed by atoms with Crippen molar-refractivity contribution in [2.24, 2.45) is 5.41 Å². The smallest absolute Gasteiger partial charge is 0.434 e. The fraction of sp³-hybridized carbons (Fsp3) is 0.321. The second kappa shape index (κ2) is 11.5. The number of alkyl halides is 3. The van der Waals surface area contributed by atoms with Crippen molar-refractivity contribution >= 4 is 40.1 Å². The van der Waals surface area contributed by atoms with E-state index in [0.29, 0.717) is 17.6 Å². The summed E-state index contributed by atoms with van der Waals surface area (Å²) < 4.78 is 40.1. The zero-order valence-corrected chi connectivity index (χ0v) is 23.8. The highest BCUT2D eigenvalue weighted by Gasteiger charge is 2.39. The summed E-state index contributed by atoms with van der Waals surface area (Å²) in [5, 5.41) is 27.1. The van der Waals surface area contributed by atoms with Crippen LogP contribution >= 0.6 is 11.3 Å². The number of hydrogen-bond donors (Lipinski definition) is 5. The van der Waals surface area contributed by atoms with Gasteiger partial charge >= 0.3 is 18.2 Å². The number of fused-ring (bicyclic) bond motifs is 1. The number of anilines is 1. The van der Waals surface area contributed by atoms with E-state index in [1.165, 1.54) is 12.3 Å². The standard InChI is InChI=1S/C28H28F3N5O5S/c1-5-32-26(41)36-21-9-15(24-35-20(12-42-24)28(29,30)31)17(10-34-21)23(38)27(3,4)13(2)14-6-7-19-16(8-14)22(37)18(11-33-19)25(39)40/h6-13,23,38H,5H2,1-4H3,(H,33,37)(H,39,40)(H2,32,34,36,41). The highest BCUT2D eigenvalue weighted by atomic mass is 32.1. The SMILES string of the molecule is CCNC(=O)Nc1cc(-c2nc(C(F)(F)F)cs2)c(C(O)C(C)(C)C(C)c2ccc3[nH]cc(C(=O)O)c(=O)c3c2)cn1. The van der Waals surface area contributed by atoms with Gasteiger partial charge in [0.05, 0.1) is 6.10 Å². The molecule has 10 nitrogen and oxygen atoms in total. The Hall–Kier alpha value is -4.30. The van der Waals surface area contributed by atoms with Crippen LogP contribution in [0.2, 0.25) is 0 Å². The Labute approximate surface area is 241 Å². The molecule has 0 spiro atoms. The molecule has 3 aromatic heterocycles. The molecule has 4 rings (SSSR count). The number of carbonyl (C=O) groups is 2. The van der Waals surface area contributed by atoms with Crippen molar-refractivity contribution in [1.29, 1.82) is 0 Å². The van der Waals surface area contributed by atoms with Crippen LogP contribution in [0.5, 0.6) is 0 Å². The lowest BCUT2D eigenvalue weighted by Crippen LogP contribution is -2.30. The Morgan fingerprint density at radius 3 is 2.52 bits per heavy atom. The molecule has 222 valence electrons. The number of aromatic amines is 1. The molecular formula is C28H28F3N5O5S. The molecule has 2 atom stereocenters. The summed E-state index contributed by atoms with van der Waals surface area (Å²) in [6.07, 6.45) is -3.56. The van der Waals surface area contributed by atoms with Crippen LogP contribution in [0, 0.1) is 5.41 Å². The number of benzene rings is 1. The third-order valence-corrected chi connectivity index (χ3v) is 8.16. The lowest BCUT2D eigenvalue weighted by Gasteiger charge is -2.37. The van der Waals surface area contributed by atoms with Crippen LogP contribution in [0.15, 0.2) is 46.8 Å². The molecule has 0 aliphatic rings. The van der Waals surface area contributed by atoms with Gasteiger partial charge in [-0.1, -0.05) is 26.8 Å². The zero-order valence-electron chi connectivity index (χ0n) is 23.0. The van der Waals surface area contributed by atoms with Crippen LogP contribution in [0.25, 0.3) is 21.5 Å². The summed E-state index contributed by atoms with van der Waals surface area (Å²) in [6, 6.07) is 5.74. The van der Waals surface area contributed by atoms with Crippen LogP contribution in [0.4, 0.5) is 23.8 Å². The molecule has 0 saturated carbocycles. The van der Waals surface area contributed by atoms with Crippen molar-refractivity contribution in [1.82, 2.24) is 20.3 Å². The number of urea groups is 1. The van der Waals surface area contributed by atoms with Gasteiger partial charge < -0.3 is 20.5 Å². The monoisotopic (exact) mass is 603 g/mol. The quantitative estimate of drug-likeness (QED) is 0.171. The van der Waals surface area contributed by atoms with Gasteiger partial charge in [-0.25, -0.2) is 19.6 Å². The molecule has 2 amide bonds. The van der Waals surface area contributed by atoms with Gasteiger partial charge in [0.1, 0.15) is 16.4 Å². The molecule has 0 aliphatic heterocycles. The molecule has 3 heterocycles. The Balaban J connectivity index is 1.77. The first kappa shape index (κ1) is 30.7. The molecular weight excluding hydrogens is 575 g/mol. The molecule has 2 unspecified atom stereocenters. The second-order valence-electron chi connectivity index (χ2n) is 10.3. The first-order valence-corrected chi connectivity index (χ1v) is 13.7. The molecule has 1 aromatic carbocycles. The molecule has 0 aliphatic carbocycles. The molecule has 42 heavy (non-hydrogen) atoms. The normalized spacial score (nSPS) is 13.5. The molecule has 0 radical (unpaired) electrons. The number of thiazole rings is 1. The average Bonchev–Trinajstić information content (AvgIpc) is 3.43.